The number of hydrogen-bond acceptors (Lipinski definition) is 2. The van der Waals surface area contributed by atoms with Crippen LogP contribution in [0.2, 0.25) is 0 Å². The van der Waals surface area contributed by atoms with E-state index in [-0.39, 0.29) is 0 Å². The van der Waals surface area contributed by atoms with Crippen molar-refractivity contribution in [2.75, 3.05) is 0 Å². The van der Waals surface area contributed by atoms with Crippen molar-refractivity contribution in [2.24, 2.45) is 0 Å². The van der Waals surface area contributed by atoms with E-state index in [9.17, 15) is 10.5 Å². The molecule has 3 heterocycles. The van der Waals surface area contributed by atoms with Crippen LogP contribution in [0.15, 0.2) is 176 Å². The SMILES string of the molecule is N#Cc1ccc2c(c1)c1cc(-n3c4ccccc4c4ccccc43)ccc1n2-c1ccc(-c2ccc(C#N)c(-n3c4ccccc4c4ccccc43)c2)cc1. The van der Waals surface area contributed by atoms with E-state index < -0.39 is 0 Å². The third-order valence-corrected chi connectivity index (χ3v) is 11.1. The molecule has 8 aromatic carbocycles. The summed E-state index contributed by atoms with van der Waals surface area (Å²) < 4.78 is 6.83. The molecule has 0 amide bonds. The first-order chi connectivity index (χ1) is 27.2. The second-order valence-electron chi connectivity index (χ2n) is 14.0. The van der Waals surface area contributed by atoms with Crippen LogP contribution in [0.4, 0.5) is 0 Å². The third-order valence-electron chi connectivity index (χ3n) is 11.1. The van der Waals surface area contributed by atoms with Crippen LogP contribution < -0.4 is 0 Å². The van der Waals surface area contributed by atoms with E-state index >= 15 is 0 Å². The molecular weight excluding hydrogens is 671 g/mol. The number of fused-ring (bicyclic) bond motifs is 9. The summed E-state index contributed by atoms with van der Waals surface area (Å²) in [6, 6.07) is 66.0. The molecule has 0 N–H and O–H groups in total. The summed E-state index contributed by atoms with van der Waals surface area (Å²) in [4.78, 5) is 0. The van der Waals surface area contributed by atoms with E-state index in [1.54, 1.807) is 0 Å². The van der Waals surface area contributed by atoms with Crippen molar-refractivity contribution in [3.63, 3.8) is 0 Å². The van der Waals surface area contributed by atoms with Crippen LogP contribution in [0.25, 0.3) is 93.6 Å². The summed E-state index contributed by atoms with van der Waals surface area (Å²) >= 11 is 0. The van der Waals surface area contributed by atoms with Gasteiger partial charge in [0.25, 0.3) is 0 Å². The van der Waals surface area contributed by atoms with Gasteiger partial charge in [-0.05, 0) is 96.1 Å². The summed E-state index contributed by atoms with van der Waals surface area (Å²) in [5.74, 6) is 0. The van der Waals surface area contributed by atoms with E-state index in [1.807, 2.05) is 36.4 Å². The Labute approximate surface area is 316 Å². The van der Waals surface area contributed by atoms with Crippen molar-refractivity contribution in [3.05, 3.63) is 187 Å². The molecule has 0 spiro atoms. The maximum absolute atomic E-state index is 10.2. The van der Waals surface area contributed by atoms with Crippen LogP contribution >= 0.6 is 0 Å². The van der Waals surface area contributed by atoms with Gasteiger partial charge in [0.15, 0.2) is 0 Å². The van der Waals surface area contributed by atoms with E-state index in [0.29, 0.717) is 11.1 Å². The molecule has 0 aliphatic carbocycles. The van der Waals surface area contributed by atoms with Crippen LogP contribution in [-0.2, 0) is 0 Å². The van der Waals surface area contributed by atoms with Gasteiger partial charge >= 0.3 is 0 Å². The van der Waals surface area contributed by atoms with E-state index in [4.69, 9.17) is 0 Å². The first-order valence-corrected chi connectivity index (χ1v) is 18.3. The predicted octanol–water partition coefficient (Wildman–Crippen LogP) is 12.4. The van der Waals surface area contributed by atoms with E-state index in [0.717, 1.165) is 82.8 Å². The summed E-state index contributed by atoms with van der Waals surface area (Å²) in [5.41, 5.74) is 12.8. The first kappa shape index (κ1) is 30.7. The van der Waals surface area contributed by atoms with Crippen LogP contribution in [-0.4, -0.2) is 13.7 Å². The van der Waals surface area contributed by atoms with Crippen molar-refractivity contribution >= 4 is 65.4 Å². The molecule has 0 saturated heterocycles. The molecule has 3 aromatic heterocycles. The van der Waals surface area contributed by atoms with Gasteiger partial charge in [-0.1, -0.05) is 91.0 Å². The van der Waals surface area contributed by atoms with Crippen molar-refractivity contribution in [2.45, 2.75) is 0 Å². The molecule has 5 nitrogen and oxygen atoms in total. The van der Waals surface area contributed by atoms with Crippen molar-refractivity contribution in [1.82, 2.24) is 13.7 Å². The molecule has 0 aliphatic heterocycles. The zero-order valence-corrected chi connectivity index (χ0v) is 29.5. The molecule has 0 bridgehead atoms. The Hall–Kier alpha value is -7.86. The molecule has 0 fully saturated rings. The summed E-state index contributed by atoms with van der Waals surface area (Å²) in [5, 5.41) is 27.0. The highest BCUT2D eigenvalue weighted by atomic mass is 15.0. The summed E-state index contributed by atoms with van der Waals surface area (Å²) in [6.07, 6.45) is 0. The molecule has 5 heteroatoms. The lowest BCUT2D eigenvalue weighted by Gasteiger charge is -2.13. The maximum atomic E-state index is 10.2. The second-order valence-corrected chi connectivity index (χ2v) is 14.0. The van der Waals surface area contributed by atoms with Gasteiger partial charge in [-0.15, -0.1) is 0 Å². The van der Waals surface area contributed by atoms with Gasteiger partial charge in [0.05, 0.1) is 56.0 Å². The highest BCUT2D eigenvalue weighted by Gasteiger charge is 2.18. The fourth-order valence-electron chi connectivity index (χ4n) is 8.67. The Morgan fingerprint density at radius 2 is 0.782 bits per heavy atom. The van der Waals surface area contributed by atoms with Crippen LogP contribution in [0.5, 0.6) is 0 Å². The standard InChI is InChI=1S/C50H29N5/c51-30-32-17-25-48-42(27-32)43-29-37(54-44-13-5-1-9-38(44)39-10-2-6-14-45(39)54)24-26-49(43)53(48)36-22-20-33(21-23-36)34-18-19-35(31-52)50(28-34)55-46-15-7-3-11-40(46)41-12-4-8-16-47(41)55/h1-29H. The van der Waals surface area contributed by atoms with Gasteiger partial charge in [0.1, 0.15) is 6.07 Å². The van der Waals surface area contributed by atoms with Gasteiger partial charge in [0, 0.05) is 43.7 Å². The first-order valence-electron chi connectivity index (χ1n) is 18.3. The molecule has 0 aliphatic rings. The molecule has 55 heavy (non-hydrogen) atoms. The number of para-hydroxylation sites is 4. The number of benzene rings is 8. The van der Waals surface area contributed by atoms with Crippen molar-refractivity contribution in [1.29, 1.82) is 10.5 Å². The minimum Gasteiger partial charge on any atom is -0.309 e. The van der Waals surface area contributed by atoms with Crippen molar-refractivity contribution < 1.29 is 0 Å². The summed E-state index contributed by atoms with van der Waals surface area (Å²) in [7, 11) is 0. The lowest BCUT2D eigenvalue weighted by molar-refractivity contribution is 1.16. The number of hydrogen-bond donors (Lipinski definition) is 0. The predicted molar refractivity (Wildman–Crippen MR) is 224 cm³/mol. The Balaban J connectivity index is 1.06. The number of nitrogens with zero attached hydrogens (tertiary/aromatic N) is 5. The molecule has 11 aromatic rings. The molecular formula is C50H29N5. The molecule has 254 valence electrons. The van der Waals surface area contributed by atoms with Crippen LogP contribution in [0.3, 0.4) is 0 Å². The smallest absolute Gasteiger partial charge is 0.101 e. The van der Waals surface area contributed by atoms with Crippen LogP contribution in [0, 0.1) is 22.7 Å². The number of nitriles is 2. The Morgan fingerprint density at radius 1 is 0.327 bits per heavy atom. The van der Waals surface area contributed by atoms with E-state index in [2.05, 4.69) is 165 Å². The monoisotopic (exact) mass is 699 g/mol. The van der Waals surface area contributed by atoms with Gasteiger partial charge in [-0.3, -0.25) is 0 Å². The van der Waals surface area contributed by atoms with Gasteiger partial charge < -0.3 is 13.7 Å². The minimum atomic E-state index is 0.620. The molecule has 0 unspecified atom stereocenters. The third kappa shape index (κ3) is 4.51. The molecule has 0 radical (unpaired) electrons. The Morgan fingerprint density at radius 3 is 1.35 bits per heavy atom. The number of aromatic nitrogens is 3. The maximum Gasteiger partial charge on any atom is 0.101 e. The molecule has 0 saturated carbocycles. The average molecular weight is 700 g/mol. The lowest BCUT2D eigenvalue weighted by Crippen LogP contribution is -1.98. The topological polar surface area (TPSA) is 62.4 Å². The zero-order valence-electron chi connectivity index (χ0n) is 29.5. The minimum absolute atomic E-state index is 0.620. The van der Waals surface area contributed by atoms with Crippen molar-refractivity contribution in [3.8, 4) is 40.3 Å². The average Bonchev–Trinajstić information content (AvgIpc) is 3.89. The Kier molecular flexibility index (Phi) is 6.61. The highest BCUT2D eigenvalue weighted by molar-refractivity contribution is 6.13. The fourth-order valence-corrected chi connectivity index (χ4v) is 8.67. The molecule has 0 atom stereocenters. The van der Waals surface area contributed by atoms with E-state index in [1.165, 1.54) is 10.8 Å². The van der Waals surface area contributed by atoms with Gasteiger partial charge in [0.2, 0.25) is 0 Å². The largest absolute Gasteiger partial charge is 0.309 e. The molecule has 11 rings (SSSR count). The lowest BCUT2D eigenvalue weighted by atomic mass is 10.0. The quantitative estimate of drug-likeness (QED) is 0.184. The highest BCUT2D eigenvalue weighted by Crippen LogP contribution is 2.39. The Bertz CT molecular complexity index is 3350. The van der Waals surface area contributed by atoms with Gasteiger partial charge in [-0.2, -0.15) is 10.5 Å². The van der Waals surface area contributed by atoms with Gasteiger partial charge in [-0.25, -0.2) is 0 Å². The van der Waals surface area contributed by atoms with Crippen LogP contribution in [0.1, 0.15) is 11.1 Å². The second kappa shape index (κ2) is 11.8. The zero-order chi connectivity index (χ0) is 36.6. The fraction of sp³-hybridized carbons (Fsp3) is 0. The number of rotatable bonds is 4. The normalized spacial score (nSPS) is 11.6. The summed E-state index contributed by atoms with van der Waals surface area (Å²) in [6.45, 7) is 0.